The Labute approximate surface area is 134 Å². The van der Waals surface area contributed by atoms with E-state index in [1.807, 2.05) is 18.4 Å². The van der Waals surface area contributed by atoms with E-state index >= 15 is 0 Å². The molecule has 2 atom stereocenters. The number of nitrogens with one attached hydrogen (secondary N) is 1. The van der Waals surface area contributed by atoms with Gasteiger partial charge in [-0.25, -0.2) is 4.98 Å². The van der Waals surface area contributed by atoms with E-state index in [1.165, 1.54) is 5.57 Å². The fraction of sp³-hybridized carbons (Fsp3) is 0.333. The van der Waals surface area contributed by atoms with E-state index in [0.717, 1.165) is 48.0 Å². The summed E-state index contributed by atoms with van der Waals surface area (Å²) in [5, 5.41) is 14.3. The fourth-order valence-electron chi connectivity index (χ4n) is 3.41. The van der Waals surface area contributed by atoms with Gasteiger partial charge in [-0.2, -0.15) is 0 Å². The number of fused-ring (bicyclic) bond motifs is 1. The zero-order valence-corrected chi connectivity index (χ0v) is 12.9. The molecule has 5 nitrogen and oxygen atoms in total. The second kappa shape index (κ2) is 5.66. The van der Waals surface area contributed by atoms with Crippen LogP contribution < -0.4 is 11.1 Å². The third-order valence-electron chi connectivity index (χ3n) is 4.61. The van der Waals surface area contributed by atoms with Crippen molar-refractivity contribution in [3.8, 4) is 0 Å². The van der Waals surface area contributed by atoms with Crippen molar-refractivity contribution in [2.45, 2.75) is 31.4 Å². The predicted octanol–water partition coefficient (Wildman–Crippen LogP) is 2.61. The second-order valence-electron chi connectivity index (χ2n) is 6.32. The average molecular weight is 308 g/mol. The van der Waals surface area contributed by atoms with Gasteiger partial charge in [0, 0.05) is 29.4 Å². The van der Waals surface area contributed by atoms with E-state index < -0.39 is 0 Å². The number of rotatable bonds is 3. The smallest absolute Gasteiger partial charge is 0.126 e. The van der Waals surface area contributed by atoms with Gasteiger partial charge in [0.2, 0.25) is 0 Å². The molecule has 118 valence electrons. The molecule has 5 heteroatoms. The molecule has 2 aromatic rings. The zero-order chi connectivity index (χ0) is 15.8. The van der Waals surface area contributed by atoms with Crippen molar-refractivity contribution >= 4 is 34.2 Å². The molecule has 0 bridgehead atoms. The Balaban J connectivity index is 1.70. The summed E-state index contributed by atoms with van der Waals surface area (Å²) in [4.78, 5) is 8.71. The van der Waals surface area contributed by atoms with Gasteiger partial charge >= 0.3 is 0 Å². The molecule has 0 radical (unpaired) electrons. The second-order valence-corrected chi connectivity index (χ2v) is 6.32. The monoisotopic (exact) mass is 308 g/mol. The molecule has 1 saturated carbocycles. The topological polar surface area (TPSA) is 83.5 Å². The number of aliphatic hydroxyl groups excluding tert-OH is 1. The number of allylic oxidation sites excluding steroid dienone is 1. The number of nitrogen functional groups attached to an aromatic ring is 1. The van der Waals surface area contributed by atoms with Crippen molar-refractivity contribution in [2.75, 3.05) is 17.6 Å². The van der Waals surface area contributed by atoms with Crippen LogP contribution in [-0.2, 0) is 0 Å². The molecule has 2 aliphatic rings. The summed E-state index contributed by atoms with van der Waals surface area (Å²) in [6.07, 6.45) is 6.30. The summed E-state index contributed by atoms with van der Waals surface area (Å²) in [6.45, 7) is 0.721. The first kappa shape index (κ1) is 14.2. The van der Waals surface area contributed by atoms with Gasteiger partial charge in [0.1, 0.15) is 5.82 Å². The number of pyridine rings is 1. The minimum Gasteiger partial charge on any atom is -0.393 e. The maximum absolute atomic E-state index is 9.71. The van der Waals surface area contributed by atoms with E-state index in [1.54, 1.807) is 0 Å². The number of nitrogens with zero attached hydrogens (tertiary/aromatic N) is 2. The lowest BCUT2D eigenvalue weighted by atomic mass is 10.0. The van der Waals surface area contributed by atoms with E-state index in [9.17, 15) is 5.11 Å². The van der Waals surface area contributed by atoms with Gasteiger partial charge in [-0.1, -0.05) is 12.1 Å². The van der Waals surface area contributed by atoms with E-state index in [2.05, 4.69) is 33.5 Å². The Bertz CT molecular complexity index is 812. The lowest BCUT2D eigenvalue weighted by Gasteiger charge is -2.16. The Hall–Kier alpha value is -2.40. The van der Waals surface area contributed by atoms with Crippen LogP contribution in [0.15, 0.2) is 35.3 Å². The van der Waals surface area contributed by atoms with Crippen molar-refractivity contribution in [1.82, 2.24) is 4.98 Å². The number of hydrogen-bond acceptors (Lipinski definition) is 5. The number of aliphatic hydroxyl groups is 1. The van der Waals surface area contributed by atoms with Gasteiger partial charge in [0.25, 0.3) is 0 Å². The van der Waals surface area contributed by atoms with Crippen LogP contribution in [-0.4, -0.2) is 35.0 Å². The predicted molar refractivity (Wildman–Crippen MR) is 94.8 cm³/mol. The lowest BCUT2D eigenvalue weighted by molar-refractivity contribution is 0.182. The highest BCUT2D eigenvalue weighted by Crippen LogP contribution is 2.31. The first-order chi connectivity index (χ1) is 11.2. The van der Waals surface area contributed by atoms with Crippen LogP contribution in [0.25, 0.3) is 16.5 Å². The zero-order valence-electron chi connectivity index (χ0n) is 12.9. The summed E-state index contributed by atoms with van der Waals surface area (Å²) < 4.78 is 0. The fourth-order valence-corrected chi connectivity index (χ4v) is 3.41. The van der Waals surface area contributed by atoms with Gasteiger partial charge in [0.05, 0.1) is 18.2 Å². The van der Waals surface area contributed by atoms with Crippen LogP contribution in [0, 0.1) is 0 Å². The Morgan fingerprint density at radius 3 is 2.87 bits per heavy atom. The maximum Gasteiger partial charge on any atom is 0.126 e. The molecule has 1 aromatic heterocycles. The lowest BCUT2D eigenvalue weighted by Crippen LogP contribution is -2.17. The van der Waals surface area contributed by atoms with Crippen LogP contribution in [0.3, 0.4) is 0 Å². The van der Waals surface area contributed by atoms with Crippen LogP contribution in [0.5, 0.6) is 0 Å². The Morgan fingerprint density at radius 1 is 1.22 bits per heavy atom. The highest BCUT2D eigenvalue weighted by molar-refractivity contribution is 5.97. The number of anilines is 2. The molecule has 0 spiro atoms. The van der Waals surface area contributed by atoms with Gasteiger partial charge in [-0.05, 0) is 42.5 Å². The summed E-state index contributed by atoms with van der Waals surface area (Å²) in [5.74, 6) is 0.507. The molecular formula is C18H20N4O. The van der Waals surface area contributed by atoms with E-state index in [-0.39, 0.29) is 6.10 Å². The summed E-state index contributed by atoms with van der Waals surface area (Å²) >= 11 is 0. The third kappa shape index (κ3) is 2.80. The van der Waals surface area contributed by atoms with Crippen molar-refractivity contribution in [3.63, 3.8) is 0 Å². The van der Waals surface area contributed by atoms with Crippen LogP contribution >= 0.6 is 0 Å². The highest BCUT2D eigenvalue weighted by atomic mass is 16.3. The molecule has 4 N–H and O–H groups in total. The number of benzene rings is 1. The van der Waals surface area contributed by atoms with E-state index in [4.69, 9.17) is 5.73 Å². The molecule has 1 aliphatic carbocycles. The molecule has 0 unspecified atom stereocenters. The summed E-state index contributed by atoms with van der Waals surface area (Å²) in [7, 11) is 0. The van der Waals surface area contributed by atoms with Gasteiger partial charge < -0.3 is 16.2 Å². The first-order valence-corrected chi connectivity index (χ1v) is 8.03. The molecule has 1 aromatic carbocycles. The molecule has 1 aliphatic heterocycles. The molecule has 4 rings (SSSR count). The van der Waals surface area contributed by atoms with Crippen molar-refractivity contribution < 1.29 is 5.11 Å². The Kier molecular flexibility index (Phi) is 3.50. The maximum atomic E-state index is 9.71. The highest BCUT2D eigenvalue weighted by Gasteiger charge is 2.23. The normalized spacial score (nSPS) is 23.4. The van der Waals surface area contributed by atoms with Crippen LogP contribution in [0.1, 0.15) is 24.8 Å². The standard InChI is InChI=1S/C18H20N4O/c19-18-9-17(21-13-2-3-14(23)8-13)15-4-1-11(7-16(15)22-18)12-5-6-20-10-12/h1,4-7,9,13-14,23H,2-3,8,10H2,(H3,19,21,22)/t13-,14+/m0/s1. The van der Waals surface area contributed by atoms with E-state index in [0.29, 0.717) is 11.9 Å². The largest absolute Gasteiger partial charge is 0.393 e. The van der Waals surface area contributed by atoms with Gasteiger partial charge in [-0.3, -0.25) is 4.99 Å². The van der Waals surface area contributed by atoms with Crippen LogP contribution in [0.2, 0.25) is 0 Å². The first-order valence-electron chi connectivity index (χ1n) is 8.03. The minimum atomic E-state index is -0.196. The SMILES string of the molecule is Nc1cc(N[C@H]2CC[C@@H](O)C2)c2ccc(C3=CC=NC3)cc2n1. The number of nitrogens with two attached hydrogens (primary N) is 1. The summed E-state index contributed by atoms with van der Waals surface area (Å²) in [6, 6.07) is 8.44. The molecule has 0 amide bonds. The van der Waals surface area contributed by atoms with Gasteiger partial charge in [-0.15, -0.1) is 0 Å². The van der Waals surface area contributed by atoms with Crippen molar-refractivity contribution in [3.05, 3.63) is 35.9 Å². The molecule has 23 heavy (non-hydrogen) atoms. The molecule has 2 heterocycles. The van der Waals surface area contributed by atoms with Crippen molar-refractivity contribution in [2.24, 2.45) is 4.99 Å². The number of hydrogen-bond donors (Lipinski definition) is 3. The Morgan fingerprint density at radius 2 is 2.13 bits per heavy atom. The number of aromatic nitrogens is 1. The van der Waals surface area contributed by atoms with Crippen LogP contribution in [0.4, 0.5) is 11.5 Å². The number of aliphatic imine (C=N–C) groups is 1. The molecular weight excluding hydrogens is 288 g/mol. The third-order valence-corrected chi connectivity index (χ3v) is 4.61. The molecule has 1 fully saturated rings. The average Bonchev–Trinajstić information content (AvgIpc) is 3.18. The summed E-state index contributed by atoms with van der Waals surface area (Å²) in [5.41, 5.74) is 10.2. The quantitative estimate of drug-likeness (QED) is 0.814. The molecule has 0 saturated heterocycles. The van der Waals surface area contributed by atoms with Crippen molar-refractivity contribution in [1.29, 1.82) is 0 Å². The van der Waals surface area contributed by atoms with Gasteiger partial charge in [0.15, 0.2) is 0 Å². The minimum absolute atomic E-state index is 0.196.